The highest BCUT2D eigenvalue weighted by Crippen LogP contribution is 2.29. The van der Waals surface area contributed by atoms with Gasteiger partial charge in [0.15, 0.2) is 0 Å². The lowest BCUT2D eigenvalue weighted by Crippen LogP contribution is -1.97. The van der Waals surface area contributed by atoms with E-state index in [-0.39, 0.29) is 0 Å². The molecule has 1 aliphatic rings. The van der Waals surface area contributed by atoms with Gasteiger partial charge in [-0.25, -0.2) is 0 Å². The van der Waals surface area contributed by atoms with Crippen molar-refractivity contribution in [2.45, 2.75) is 19.3 Å². The van der Waals surface area contributed by atoms with Crippen LogP contribution in [0.2, 0.25) is 0 Å². The molecule has 1 aliphatic carbocycles. The van der Waals surface area contributed by atoms with Crippen molar-refractivity contribution >= 4 is 0 Å². The van der Waals surface area contributed by atoms with Crippen molar-refractivity contribution in [3.05, 3.63) is 48.2 Å². The molecule has 1 heteroatoms. The quantitative estimate of drug-likeness (QED) is 0.633. The van der Waals surface area contributed by atoms with E-state index in [0.717, 1.165) is 18.5 Å². The second-order valence-corrected chi connectivity index (χ2v) is 2.98. The van der Waals surface area contributed by atoms with E-state index in [1.54, 1.807) is 6.08 Å². The predicted molar refractivity (Wildman–Crippen MR) is 53.5 cm³/mol. The molecule has 0 bridgehead atoms. The summed E-state index contributed by atoms with van der Waals surface area (Å²) in [5, 5.41) is 0. The monoisotopic (exact) mass is 161 g/mol. The Morgan fingerprint density at radius 1 is 1.42 bits per heavy atom. The molecule has 0 aromatic heterocycles. The van der Waals surface area contributed by atoms with Crippen LogP contribution in [0.15, 0.2) is 48.2 Å². The van der Waals surface area contributed by atoms with Crippen LogP contribution in [0.3, 0.4) is 0 Å². The summed E-state index contributed by atoms with van der Waals surface area (Å²) >= 11 is 0. The molecule has 1 rings (SSSR count). The van der Waals surface area contributed by atoms with Crippen molar-refractivity contribution in [2.24, 2.45) is 5.73 Å². The fraction of sp³-hybridized carbons (Fsp3) is 0.273. The molecule has 0 amide bonds. The first-order valence-electron chi connectivity index (χ1n) is 4.21. The lowest BCUT2D eigenvalue weighted by atomic mass is 10.1. The Hall–Kier alpha value is -1.24. The molecule has 2 N–H and O–H groups in total. The zero-order valence-electron chi connectivity index (χ0n) is 7.34. The largest absolute Gasteiger partial charge is 0.399 e. The van der Waals surface area contributed by atoms with E-state index in [1.807, 2.05) is 6.08 Å². The minimum Gasteiger partial charge on any atom is -0.399 e. The van der Waals surface area contributed by atoms with Crippen LogP contribution in [0, 0.1) is 0 Å². The van der Waals surface area contributed by atoms with Crippen LogP contribution in [0.4, 0.5) is 0 Å². The number of rotatable bonds is 3. The SMILES string of the molecule is C=C/C=C\C1=C(C(=C)N)CCC1. The van der Waals surface area contributed by atoms with Crippen LogP contribution in [0.25, 0.3) is 0 Å². The number of hydrogen-bond donors (Lipinski definition) is 1. The van der Waals surface area contributed by atoms with Gasteiger partial charge in [-0.15, -0.1) is 0 Å². The molecule has 0 spiro atoms. The molecule has 0 aromatic rings. The Balaban J connectivity index is 2.83. The second kappa shape index (κ2) is 3.96. The molecule has 0 heterocycles. The molecule has 64 valence electrons. The summed E-state index contributed by atoms with van der Waals surface area (Å²) in [5.74, 6) is 0. The van der Waals surface area contributed by atoms with Gasteiger partial charge in [-0.1, -0.05) is 31.4 Å². The van der Waals surface area contributed by atoms with Crippen molar-refractivity contribution in [1.82, 2.24) is 0 Å². The summed E-state index contributed by atoms with van der Waals surface area (Å²) in [4.78, 5) is 0. The van der Waals surface area contributed by atoms with Crippen molar-refractivity contribution in [3.8, 4) is 0 Å². The molecule has 0 aliphatic heterocycles. The highest BCUT2D eigenvalue weighted by atomic mass is 14.6. The average molecular weight is 161 g/mol. The van der Waals surface area contributed by atoms with E-state index in [2.05, 4.69) is 19.2 Å². The smallest absolute Gasteiger partial charge is 0.0276 e. The van der Waals surface area contributed by atoms with Gasteiger partial charge in [-0.2, -0.15) is 0 Å². The third kappa shape index (κ3) is 1.88. The zero-order chi connectivity index (χ0) is 8.97. The summed E-state index contributed by atoms with van der Waals surface area (Å²) in [5.41, 5.74) is 8.92. The average Bonchev–Trinajstić information content (AvgIpc) is 2.48. The molecule has 1 nitrogen and oxygen atoms in total. The van der Waals surface area contributed by atoms with E-state index in [9.17, 15) is 0 Å². The molecular formula is C11H15N. The highest BCUT2D eigenvalue weighted by Gasteiger charge is 2.12. The van der Waals surface area contributed by atoms with E-state index in [0.29, 0.717) is 0 Å². The predicted octanol–water partition coefficient (Wildman–Crippen LogP) is 2.68. The molecule has 0 aromatic carbocycles. The van der Waals surface area contributed by atoms with E-state index >= 15 is 0 Å². The molecule has 0 saturated carbocycles. The summed E-state index contributed by atoms with van der Waals surface area (Å²) in [7, 11) is 0. The van der Waals surface area contributed by atoms with Gasteiger partial charge in [-0.3, -0.25) is 0 Å². The molecule has 0 unspecified atom stereocenters. The van der Waals surface area contributed by atoms with Crippen LogP contribution in [0.5, 0.6) is 0 Å². The van der Waals surface area contributed by atoms with Crippen LogP contribution in [-0.2, 0) is 0 Å². The van der Waals surface area contributed by atoms with Crippen molar-refractivity contribution in [2.75, 3.05) is 0 Å². The maximum Gasteiger partial charge on any atom is 0.0276 e. The van der Waals surface area contributed by atoms with Crippen LogP contribution < -0.4 is 5.73 Å². The Bertz CT molecular complexity index is 256. The van der Waals surface area contributed by atoms with Crippen LogP contribution in [0.1, 0.15) is 19.3 Å². The van der Waals surface area contributed by atoms with Gasteiger partial charge in [0.05, 0.1) is 0 Å². The first kappa shape index (κ1) is 8.85. The van der Waals surface area contributed by atoms with Crippen molar-refractivity contribution < 1.29 is 0 Å². The minimum atomic E-state index is 0.719. The molecule has 12 heavy (non-hydrogen) atoms. The molecule has 0 saturated heterocycles. The van der Waals surface area contributed by atoms with Gasteiger partial charge >= 0.3 is 0 Å². The summed E-state index contributed by atoms with van der Waals surface area (Å²) in [6, 6.07) is 0. The lowest BCUT2D eigenvalue weighted by Gasteiger charge is -2.01. The van der Waals surface area contributed by atoms with Crippen LogP contribution in [-0.4, -0.2) is 0 Å². The number of nitrogens with two attached hydrogens (primary N) is 1. The molecular weight excluding hydrogens is 146 g/mol. The van der Waals surface area contributed by atoms with Gasteiger partial charge in [0.25, 0.3) is 0 Å². The van der Waals surface area contributed by atoms with Gasteiger partial charge < -0.3 is 5.73 Å². The van der Waals surface area contributed by atoms with Gasteiger partial charge in [-0.05, 0) is 30.4 Å². The Morgan fingerprint density at radius 2 is 2.17 bits per heavy atom. The summed E-state index contributed by atoms with van der Waals surface area (Å²) in [6.45, 7) is 7.38. The maximum atomic E-state index is 5.65. The lowest BCUT2D eigenvalue weighted by molar-refractivity contribution is 0.900. The van der Waals surface area contributed by atoms with Gasteiger partial charge in [0.2, 0.25) is 0 Å². The first-order chi connectivity index (χ1) is 5.75. The minimum absolute atomic E-state index is 0.719. The van der Waals surface area contributed by atoms with Crippen molar-refractivity contribution in [3.63, 3.8) is 0 Å². The first-order valence-corrected chi connectivity index (χ1v) is 4.21. The third-order valence-corrected chi connectivity index (χ3v) is 2.08. The zero-order valence-corrected chi connectivity index (χ0v) is 7.34. The fourth-order valence-electron chi connectivity index (χ4n) is 1.50. The van der Waals surface area contributed by atoms with E-state index in [4.69, 9.17) is 5.73 Å². The van der Waals surface area contributed by atoms with E-state index < -0.39 is 0 Å². The number of hydrogen-bond acceptors (Lipinski definition) is 1. The Kier molecular flexibility index (Phi) is 2.92. The summed E-state index contributed by atoms with van der Waals surface area (Å²) in [6.07, 6.45) is 9.20. The van der Waals surface area contributed by atoms with Gasteiger partial charge in [0.1, 0.15) is 0 Å². The third-order valence-electron chi connectivity index (χ3n) is 2.08. The topological polar surface area (TPSA) is 26.0 Å². The normalized spacial score (nSPS) is 17.3. The van der Waals surface area contributed by atoms with Gasteiger partial charge in [0, 0.05) is 5.70 Å². The number of allylic oxidation sites excluding steroid dienone is 5. The standard InChI is InChI=1S/C11H15N/c1-3-4-6-10-7-5-8-11(10)9(2)12/h3-4,6H,1-2,5,7-8,12H2/b6-4-. The van der Waals surface area contributed by atoms with Crippen LogP contribution >= 0.6 is 0 Å². The van der Waals surface area contributed by atoms with Crippen molar-refractivity contribution in [1.29, 1.82) is 0 Å². The summed E-state index contributed by atoms with van der Waals surface area (Å²) < 4.78 is 0. The van der Waals surface area contributed by atoms with E-state index in [1.165, 1.54) is 17.6 Å². The maximum absolute atomic E-state index is 5.65. The Labute approximate surface area is 74.0 Å². The fourth-order valence-corrected chi connectivity index (χ4v) is 1.50. The molecule has 0 atom stereocenters. The molecule has 0 radical (unpaired) electrons. The second-order valence-electron chi connectivity index (χ2n) is 2.98. The molecule has 0 fully saturated rings. The Morgan fingerprint density at radius 3 is 2.75 bits per heavy atom. The highest BCUT2D eigenvalue weighted by molar-refractivity contribution is 5.40.